The summed E-state index contributed by atoms with van der Waals surface area (Å²) >= 11 is 0. The Labute approximate surface area is 211 Å². The van der Waals surface area contributed by atoms with Crippen LogP contribution in [0.4, 0.5) is 5.69 Å². The summed E-state index contributed by atoms with van der Waals surface area (Å²) in [5, 5.41) is 25.3. The maximum Gasteiger partial charge on any atom is 0.335 e. The van der Waals surface area contributed by atoms with Gasteiger partial charge in [0.15, 0.2) is 12.3 Å². The summed E-state index contributed by atoms with van der Waals surface area (Å²) in [7, 11) is -3.27. The van der Waals surface area contributed by atoms with Crippen LogP contribution in [0.3, 0.4) is 0 Å². The highest BCUT2D eigenvalue weighted by Crippen LogP contribution is 2.51. The Morgan fingerprint density at radius 1 is 1.08 bits per heavy atom. The molecule has 1 aromatic carbocycles. The average Bonchev–Trinajstić information content (AvgIpc) is 3.13. The molecule has 0 spiro atoms. The summed E-state index contributed by atoms with van der Waals surface area (Å²) < 4.78 is 29.4. The number of nitrogens with one attached hydrogen (secondary N) is 3. The number of aromatic nitrogens is 2. The van der Waals surface area contributed by atoms with Crippen molar-refractivity contribution >= 4 is 25.1 Å². The lowest BCUT2D eigenvalue weighted by atomic mass is 10.1. The maximum atomic E-state index is 12.6. The van der Waals surface area contributed by atoms with E-state index in [0.29, 0.717) is 11.3 Å². The van der Waals surface area contributed by atoms with Crippen LogP contribution < -0.4 is 21.9 Å². The quantitative estimate of drug-likeness (QED) is 0.235. The van der Waals surface area contributed by atoms with Crippen molar-refractivity contribution in [3.8, 4) is 0 Å². The Morgan fingerprint density at radius 2 is 1.73 bits per heavy atom. The van der Waals surface area contributed by atoms with Crippen LogP contribution >= 0.6 is 7.60 Å². The van der Waals surface area contributed by atoms with E-state index >= 15 is 0 Å². The van der Waals surface area contributed by atoms with Gasteiger partial charge in [-0.25, -0.2) is 4.79 Å². The largest absolute Gasteiger partial charge is 0.387 e. The second-order valence-corrected chi connectivity index (χ2v) is 10.1. The monoisotopic (exact) mass is 540 g/mol. The second-order valence-electron chi connectivity index (χ2n) is 8.01. The number of aromatic amines is 1. The molecule has 2 amide bonds. The van der Waals surface area contributed by atoms with Crippen molar-refractivity contribution in [3.05, 3.63) is 62.9 Å². The number of nitrogens with zero attached hydrogens (tertiary/aromatic N) is 1. The van der Waals surface area contributed by atoms with Crippen molar-refractivity contribution in [2.45, 2.75) is 44.5 Å². The maximum absolute atomic E-state index is 12.6. The van der Waals surface area contributed by atoms with Gasteiger partial charge in [-0.1, -0.05) is 12.1 Å². The van der Waals surface area contributed by atoms with E-state index in [1.54, 1.807) is 38.1 Å². The molecule has 0 radical (unpaired) electrons. The Balaban J connectivity index is 1.54. The SMILES string of the molecule is CCOP(=O)(Cc1ccc(NC(=O)CNC(=O)C2OC(n3ccc(=O)[nH]c3=O)C(O)C2O)cc1)OCC. The van der Waals surface area contributed by atoms with Crippen molar-refractivity contribution in [2.75, 3.05) is 25.1 Å². The minimum atomic E-state index is -3.27. The fourth-order valence-electron chi connectivity index (χ4n) is 3.65. The Hall–Kier alpha value is -3.13. The van der Waals surface area contributed by atoms with Gasteiger partial charge < -0.3 is 34.6 Å². The van der Waals surface area contributed by atoms with Gasteiger partial charge in [0.05, 0.1) is 25.9 Å². The molecule has 2 heterocycles. The smallest absolute Gasteiger partial charge is 0.335 e. The van der Waals surface area contributed by atoms with E-state index in [0.717, 1.165) is 16.8 Å². The number of hydrogen-bond donors (Lipinski definition) is 5. The molecule has 37 heavy (non-hydrogen) atoms. The number of hydrogen-bond acceptors (Lipinski definition) is 10. The number of ether oxygens (including phenoxy) is 1. The second kappa shape index (κ2) is 12.4. The van der Waals surface area contributed by atoms with E-state index in [2.05, 4.69) is 10.6 Å². The van der Waals surface area contributed by atoms with Gasteiger partial charge in [-0.2, -0.15) is 0 Å². The number of carbonyl (C=O) groups excluding carboxylic acids is 2. The van der Waals surface area contributed by atoms with Gasteiger partial charge in [-0.3, -0.25) is 28.5 Å². The summed E-state index contributed by atoms with van der Waals surface area (Å²) in [5.74, 6) is -1.48. The van der Waals surface area contributed by atoms with E-state index in [4.69, 9.17) is 13.8 Å². The molecule has 1 saturated heterocycles. The third-order valence-electron chi connectivity index (χ3n) is 5.31. The van der Waals surface area contributed by atoms with Crippen molar-refractivity contribution < 1.29 is 38.2 Å². The number of rotatable bonds is 11. The number of anilines is 1. The van der Waals surface area contributed by atoms with Crippen molar-refractivity contribution in [1.82, 2.24) is 14.9 Å². The Morgan fingerprint density at radius 3 is 2.32 bits per heavy atom. The molecule has 0 bridgehead atoms. The van der Waals surface area contributed by atoms with Gasteiger partial charge in [0.25, 0.3) is 11.5 Å². The number of amides is 2. The minimum absolute atomic E-state index is 0.0701. The molecule has 1 fully saturated rings. The van der Waals surface area contributed by atoms with Gasteiger partial charge in [-0.15, -0.1) is 0 Å². The molecular formula is C22H29N4O10P. The molecule has 1 aliphatic rings. The van der Waals surface area contributed by atoms with Crippen LogP contribution in [0.1, 0.15) is 25.6 Å². The number of aliphatic hydroxyl groups is 2. The molecule has 202 valence electrons. The predicted octanol–water partition coefficient (Wildman–Crippen LogP) is -0.323. The van der Waals surface area contributed by atoms with E-state index in [1.165, 1.54) is 0 Å². The van der Waals surface area contributed by atoms with Crippen LogP contribution in [-0.2, 0) is 34.1 Å². The molecule has 1 aromatic heterocycles. The molecule has 4 unspecified atom stereocenters. The first kappa shape index (κ1) is 28.4. The van der Waals surface area contributed by atoms with Crippen LogP contribution in [0.5, 0.6) is 0 Å². The molecular weight excluding hydrogens is 511 g/mol. The van der Waals surface area contributed by atoms with E-state index in [-0.39, 0.29) is 19.4 Å². The standard InChI is InChI=1S/C22H29N4O10P/c1-3-34-37(33,35-4-2)12-13-5-7-14(8-6-13)24-16(28)11-23-20(31)19-17(29)18(30)21(36-19)26-10-9-15(27)25-22(26)32/h5-10,17-19,21,29-30H,3-4,11-12H2,1-2H3,(H,23,31)(H,24,28)(H,25,27,32). The third-order valence-corrected chi connectivity index (χ3v) is 7.37. The van der Waals surface area contributed by atoms with Crippen LogP contribution in [0, 0.1) is 0 Å². The van der Waals surface area contributed by atoms with Gasteiger partial charge in [0.1, 0.15) is 12.2 Å². The molecule has 14 nitrogen and oxygen atoms in total. The van der Waals surface area contributed by atoms with Gasteiger partial charge >= 0.3 is 13.3 Å². The fraction of sp³-hybridized carbons (Fsp3) is 0.455. The highest BCUT2D eigenvalue weighted by molar-refractivity contribution is 7.53. The Kier molecular flexibility index (Phi) is 9.54. The molecule has 1 aliphatic heterocycles. The highest BCUT2D eigenvalue weighted by atomic mass is 31.2. The number of carbonyl (C=O) groups is 2. The average molecular weight is 540 g/mol. The van der Waals surface area contributed by atoms with E-state index in [1.807, 2.05) is 4.98 Å². The van der Waals surface area contributed by atoms with Crippen LogP contribution in [0.15, 0.2) is 46.1 Å². The normalized spacial score (nSPS) is 21.5. The Bertz CT molecular complexity index is 1250. The van der Waals surface area contributed by atoms with Gasteiger partial charge in [0.2, 0.25) is 5.91 Å². The lowest BCUT2D eigenvalue weighted by molar-refractivity contribution is -0.138. The summed E-state index contributed by atoms with van der Waals surface area (Å²) in [6, 6.07) is 7.50. The number of aliphatic hydroxyl groups excluding tert-OH is 2. The first-order valence-electron chi connectivity index (χ1n) is 11.4. The van der Waals surface area contributed by atoms with E-state index in [9.17, 15) is 34.0 Å². The number of benzene rings is 1. The summed E-state index contributed by atoms with van der Waals surface area (Å²) in [6.07, 6.45) is -5.20. The van der Waals surface area contributed by atoms with Crippen molar-refractivity contribution in [3.63, 3.8) is 0 Å². The first-order valence-corrected chi connectivity index (χ1v) is 13.2. The summed E-state index contributed by atoms with van der Waals surface area (Å²) in [6.45, 7) is 3.45. The topological polar surface area (TPSA) is 198 Å². The third kappa shape index (κ3) is 7.22. The summed E-state index contributed by atoms with van der Waals surface area (Å²) in [4.78, 5) is 49.9. The zero-order valence-corrected chi connectivity index (χ0v) is 21.1. The molecule has 5 N–H and O–H groups in total. The zero-order chi connectivity index (χ0) is 27.2. The molecule has 3 rings (SSSR count). The van der Waals surface area contributed by atoms with Crippen LogP contribution in [0.25, 0.3) is 0 Å². The van der Waals surface area contributed by atoms with Gasteiger partial charge in [0, 0.05) is 18.0 Å². The van der Waals surface area contributed by atoms with Crippen molar-refractivity contribution in [1.29, 1.82) is 0 Å². The first-order chi connectivity index (χ1) is 17.6. The van der Waals surface area contributed by atoms with E-state index < -0.39 is 61.7 Å². The van der Waals surface area contributed by atoms with Crippen LogP contribution in [-0.4, -0.2) is 69.6 Å². The molecule has 4 atom stereocenters. The van der Waals surface area contributed by atoms with Crippen LogP contribution in [0.2, 0.25) is 0 Å². The number of H-pyrrole nitrogens is 1. The lowest BCUT2D eigenvalue weighted by Crippen LogP contribution is -2.45. The minimum Gasteiger partial charge on any atom is -0.387 e. The molecule has 15 heteroatoms. The predicted molar refractivity (Wildman–Crippen MR) is 130 cm³/mol. The highest BCUT2D eigenvalue weighted by Gasteiger charge is 2.47. The lowest BCUT2D eigenvalue weighted by Gasteiger charge is -2.17. The zero-order valence-electron chi connectivity index (χ0n) is 20.2. The molecule has 0 aliphatic carbocycles. The van der Waals surface area contributed by atoms with Crippen molar-refractivity contribution in [2.24, 2.45) is 0 Å². The molecule has 0 saturated carbocycles. The van der Waals surface area contributed by atoms with Gasteiger partial charge in [-0.05, 0) is 31.5 Å². The molecule has 2 aromatic rings. The fourth-order valence-corrected chi connectivity index (χ4v) is 5.35. The summed E-state index contributed by atoms with van der Waals surface area (Å²) in [5.41, 5.74) is -0.469.